The lowest BCUT2D eigenvalue weighted by Gasteiger charge is -2.26. The Morgan fingerprint density at radius 2 is 1.41 bits per heavy atom. The summed E-state index contributed by atoms with van der Waals surface area (Å²) in [4.78, 5) is 11.0. The molecule has 2 atom stereocenters. The van der Waals surface area contributed by atoms with Gasteiger partial charge in [0.15, 0.2) is 0 Å². The van der Waals surface area contributed by atoms with Gasteiger partial charge in [0.25, 0.3) is 0 Å². The molecule has 1 saturated heterocycles. The maximum atomic E-state index is 11.0. The van der Waals surface area contributed by atoms with E-state index in [1.54, 1.807) is 0 Å². The first-order valence-electron chi connectivity index (χ1n) is 9.57. The molecule has 1 rings (SSSR count). The summed E-state index contributed by atoms with van der Waals surface area (Å²) < 4.78 is 5.02. The van der Waals surface area contributed by atoms with Crippen LogP contribution >= 0.6 is 0 Å². The van der Waals surface area contributed by atoms with Gasteiger partial charge in [-0.3, -0.25) is 4.79 Å². The molecule has 0 aliphatic carbocycles. The maximum absolute atomic E-state index is 11.0. The fourth-order valence-electron chi connectivity index (χ4n) is 3.23. The molecule has 130 valence electrons. The molecule has 0 aromatic rings. The van der Waals surface area contributed by atoms with Crippen LogP contribution in [0.3, 0.4) is 0 Å². The number of cyclic esters (lactones) is 1. The maximum Gasteiger partial charge on any atom is 0.308 e. The highest BCUT2D eigenvalue weighted by atomic mass is 16.5. The van der Waals surface area contributed by atoms with E-state index >= 15 is 0 Å². The molecule has 0 radical (unpaired) electrons. The van der Waals surface area contributed by atoms with Crippen LogP contribution in [0, 0.1) is 5.92 Å². The first kappa shape index (κ1) is 19.5. The van der Waals surface area contributed by atoms with Crippen molar-refractivity contribution in [3.63, 3.8) is 0 Å². The number of esters is 1. The van der Waals surface area contributed by atoms with Crippen LogP contribution in [0.15, 0.2) is 0 Å². The predicted octanol–water partition coefficient (Wildman–Crippen LogP) is 5.00. The Hall–Kier alpha value is -0.570. The van der Waals surface area contributed by atoms with Crippen LogP contribution in [0.5, 0.6) is 0 Å². The zero-order valence-corrected chi connectivity index (χ0v) is 14.5. The van der Waals surface area contributed by atoms with E-state index in [4.69, 9.17) is 4.74 Å². The molecule has 1 aliphatic heterocycles. The second kappa shape index (κ2) is 12.9. The van der Waals surface area contributed by atoms with Crippen molar-refractivity contribution in [3.8, 4) is 0 Å². The number of hydrogen-bond acceptors (Lipinski definition) is 3. The van der Waals surface area contributed by atoms with Crippen molar-refractivity contribution >= 4 is 5.97 Å². The van der Waals surface area contributed by atoms with Gasteiger partial charge in [-0.05, 0) is 6.42 Å². The molecule has 1 N–H and O–H groups in total. The van der Waals surface area contributed by atoms with Crippen molar-refractivity contribution < 1.29 is 14.6 Å². The molecule has 1 heterocycles. The summed E-state index contributed by atoms with van der Waals surface area (Å²) in [7, 11) is 0. The van der Waals surface area contributed by atoms with E-state index in [0.717, 1.165) is 12.8 Å². The smallest absolute Gasteiger partial charge is 0.308 e. The molecule has 0 unspecified atom stereocenters. The monoisotopic (exact) mass is 312 g/mol. The van der Waals surface area contributed by atoms with Crippen LogP contribution in [-0.2, 0) is 9.53 Å². The SMILES string of the molecule is CCCCCCCCCCCCCC[C@H]1COC(=O)C[C@H]1O. The Balaban J connectivity index is 1.81. The Morgan fingerprint density at radius 1 is 0.909 bits per heavy atom. The third-order valence-corrected chi connectivity index (χ3v) is 4.81. The number of ether oxygens (including phenoxy) is 1. The average molecular weight is 312 g/mol. The lowest BCUT2D eigenvalue weighted by atomic mass is 9.92. The van der Waals surface area contributed by atoms with Crippen molar-refractivity contribution in [1.29, 1.82) is 0 Å². The van der Waals surface area contributed by atoms with Crippen LogP contribution in [0.4, 0.5) is 0 Å². The van der Waals surface area contributed by atoms with E-state index in [9.17, 15) is 9.90 Å². The zero-order valence-electron chi connectivity index (χ0n) is 14.5. The van der Waals surface area contributed by atoms with E-state index < -0.39 is 6.10 Å². The molecular weight excluding hydrogens is 276 g/mol. The van der Waals surface area contributed by atoms with Gasteiger partial charge in [-0.1, -0.05) is 84.0 Å². The molecule has 0 spiro atoms. The molecule has 1 aliphatic rings. The molecule has 22 heavy (non-hydrogen) atoms. The quantitative estimate of drug-likeness (QED) is 0.384. The summed E-state index contributed by atoms with van der Waals surface area (Å²) in [5.74, 6) is -0.0840. The normalized spacial score (nSPS) is 21.8. The summed E-state index contributed by atoms with van der Waals surface area (Å²) in [6, 6.07) is 0. The number of carbonyl (C=O) groups excluding carboxylic acids is 1. The van der Waals surface area contributed by atoms with Gasteiger partial charge < -0.3 is 9.84 Å². The largest absolute Gasteiger partial charge is 0.465 e. The van der Waals surface area contributed by atoms with Gasteiger partial charge in [0.2, 0.25) is 0 Å². The summed E-state index contributed by atoms with van der Waals surface area (Å²) in [6.45, 7) is 2.68. The van der Waals surface area contributed by atoms with Gasteiger partial charge in [0.05, 0.1) is 19.1 Å². The Morgan fingerprint density at radius 3 is 1.91 bits per heavy atom. The molecule has 0 amide bonds. The van der Waals surface area contributed by atoms with Gasteiger partial charge in [0.1, 0.15) is 0 Å². The predicted molar refractivity (Wildman–Crippen MR) is 90.8 cm³/mol. The first-order chi connectivity index (χ1) is 10.7. The van der Waals surface area contributed by atoms with E-state index in [2.05, 4.69) is 6.92 Å². The van der Waals surface area contributed by atoms with E-state index in [1.807, 2.05) is 0 Å². The molecule has 3 nitrogen and oxygen atoms in total. The summed E-state index contributed by atoms with van der Waals surface area (Å²) in [5, 5.41) is 9.82. The van der Waals surface area contributed by atoms with E-state index in [-0.39, 0.29) is 18.3 Å². The van der Waals surface area contributed by atoms with Crippen LogP contribution in [-0.4, -0.2) is 23.8 Å². The molecular formula is C19H36O3. The molecule has 0 aromatic carbocycles. The van der Waals surface area contributed by atoms with Crippen molar-refractivity contribution in [2.75, 3.05) is 6.61 Å². The number of carbonyl (C=O) groups is 1. The minimum absolute atomic E-state index is 0.167. The second-order valence-electron chi connectivity index (χ2n) is 6.89. The standard InChI is InChI=1S/C19H36O3/c1-2-3-4-5-6-7-8-9-10-11-12-13-14-17-16-22-19(21)15-18(17)20/h17-18,20H,2-16H2,1H3/t17-,18+/m0/s1. The van der Waals surface area contributed by atoms with Crippen molar-refractivity contribution in [3.05, 3.63) is 0 Å². The number of rotatable bonds is 13. The first-order valence-corrected chi connectivity index (χ1v) is 9.57. The number of hydrogen-bond donors (Lipinski definition) is 1. The number of aliphatic hydroxyl groups excluding tert-OH is 1. The van der Waals surface area contributed by atoms with Crippen molar-refractivity contribution in [2.45, 2.75) is 103 Å². The molecule has 0 aromatic heterocycles. The van der Waals surface area contributed by atoms with Crippen molar-refractivity contribution in [2.24, 2.45) is 5.92 Å². The highest BCUT2D eigenvalue weighted by molar-refractivity contribution is 5.70. The Labute approximate surface area is 136 Å². The number of unbranched alkanes of at least 4 members (excludes halogenated alkanes) is 11. The Bertz CT molecular complexity index is 278. The average Bonchev–Trinajstić information content (AvgIpc) is 2.50. The second-order valence-corrected chi connectivity index (χ2v) is 6.89. The minimum atomic E-state index is -0.478. The van der Waals surface area contributed by atoms with E-state index in [0.29, 0.717) is 6.61 Å². The minimum Gasteiger partial charge on any atom is -0.465 e. The summed E-state index contributed by atoms with van der Waals surface area (Å²) in [5.41, 5.74) is 0. The highest BCUT2D eigenvalue weighted by Crippen LogP contribution is 2.22. The highest BCUT2D eigenvalue weighted by Gasteiger charge is 2.28. The fraction of sp³-hybridized carbons (Fsp3) is 0.947. The third-order valence-electron chi connectivity index (χ3n) is 4.81. The third kappa shape index (κ3) is 9.45. The molecule has 1 fully saturated rings. The van der Waals surface area contributed by atoms with Crippen LogP contribution in [0.2, 0.25) is 0 Å². The van der Waals surface area contributed by atoms with Crippen LogP contribution < -0.4 is 0 Å². The van der Waals surface area contributed by atoms with Crippen LogP contribution in [0.25, 0.3) is 0 Å². The van der Waals surface area contributed by atoms with Gasteiger partial charge >= 0.3 is 5.97 Å². The zero-order chi connectivity index (χ0) is 16.0. The lowest BCUT2D eigenvalue weighted by Crippen LogP contribution is -2.34. The van der Waals surface area contributed by atoms with E-state index in [1.165, 1.54) is 70.6 Å². The van der Waals surface area contributed by atoms with Gasteiger partial charge in [-0.25, -0.2) is 0 Å². The summed E-state index contributed by atoms with van der Waals surface area (Å²) in [6.07, 6.45) is 16.9. The molecule has 3 heteroatoms. The lowest BCUT2D eigenvalue weighted by molar-refractivity contribution is -0.157. The van der Waals surface area contributed by atoms with Gasteiger partial charge in [0, 0.05) is 5.92 Å². The fourth-order valence-corrected chi connectivity index (χ4v) is 3.23. The van der Waals surface area contributed by atoms with Gasteiger partial charge in [-0.15, -0.1) is 0 Å². The van der Waals surface area contributed by atoms with Gasteiger partial charge in [-0.2, -0.15) is 0 Å². The topological polar surface area (TPSA) is 46.5 Å². The number of aliphatic hydroxyl groups is 1. The van der Waals surface area contributed by atoms with Crippen molar-refractivity contribution in [1.82, 2.24) is 0 Å². The van der Waals surface area contributed by atoms with Crippen LogP contribution in [0.1, 0.15) is 96.8 Å². The Kier molecular flexibility index (Phi) is 11.4. The molecule has 0 bridgehead atoms. The summed E-state index contributed by atoms with van der Waals surface area (Å²) >= 11 is 0. The molecule has 0 saturated carbocycles.